The third-order valence-corrected chi connectivity index (χ3v) is 9.83. The zero-order chi connectivity index (χ0) is 34.7. The molecule has 1 saturated heterocycles. The lowest BCUT2D eigenvalue weighted by Gasteiger charge is -2.34. The van der Waals surface area contributed by atoms with E-state index < -0.39 is 18.5 Å². The number of allylic oxidation sites excluding steroid dienone is 3. The number of carbonyl (C=O) groups is 2. The summed E-state index contributed by atoms with van der Waals surface area (Å²) in [6.07, 6.45) is 20.3. The minimum Gasteiger partial charge on any atom is -0.434 e. The Kier molecular flexibility index (Phi) is 17.8. The zero-order valence-electron chi connectivity index (χ0n) is 30.3. The van der Waals surface area contributed by atoms with Gasteiger partial charge in [-0.1, -0.05) is 109 Å². The molecule has 9 nitrogen and oxygen atoms in total. The van der Waals surface area contributed by atoms with Crippen LogP contribution in [0.2, 0.25) is 0 Å². The molecule has 0 radical (unpaired) electrons. The number of nitrogens with zero attached hydrogens (tertiary/aromatic N) is 4. The van der Waals surface area contributed by atoms with Crippen molar-refractivity contribution in [2.45, 2.75) is 124 Å². The van der Waals surface area contributed by atoms with Crippen molar-refractivity contribution in [3.63, 3.8) is 0 Å². The predicted octanol–water partition coefficient (Wildman–Crippen LogP) is 9.96. The smallest absolute Gasteiger partial charge is 0.434 e. The number of fused-ring (bicyclic) bond motifs is 1. The molecule has 0 saturated carbocycles. The second-order valence-corrected chi connectivity index (χ2v) is 14.1. The predicted molar refractivity (Wildman–Crippen MR) is 198 cm³/mol. The highest BCUT2D eigenvalue weighted by Crippen LogP contribution is 2.40. The number of likely N-dealkylation sites (N-methyl/N-ethyl adjacent to an activating group) is 1. The molecule has 0 spiro atoms. The molecule has 3 rings (SSSR count). The Morgan fingerprint density at radius 1 is 0.938 bits per heavy atom. The molecule has 0 bridgehead atoms. The van der Waals surface area contributed by atoms with Crippen molar-refractivity contribution in [3.8, 4) is 0 Å². The summed E-state index contributed by atoms with van der Waals surface area (Å²) in [6.45, 7) is 15.4. The van der Waals surface area contributed by atoms with Crippen molar-refractivity contribution in [1.29, 1.82) is 0 Å². The van der Waals surface area contributed by atoms with Gasteiger partial charge in [-0.05, 0) is 39.5 Å². The van der Waals surface area contributed by atoms with Gasteiger partial charge >= 0.3 is 12.2 Å². The number of thiophene rings is 1. The summed E-state index contributed by atoms with van der Waals surface area (Å²) in [5.74, 6) is 0.831. The normalized spacial score (nSPS) is 17.6. The third kappa shape index (κ3) is 12.7. The van der Waals surface area contributed by atoms with Gasteiger partial charge in [-0.15, -0.1) is 11.3 Å². The third-order valence-electron chi connectivity index (χ3n) is 8.79. The van der Waals surface area contributed by atoms with Crippen LogP contribution in [0.15, 0.2) is 47.3 Å². The van der Waals surface area contributed by atoms with Gasteiger partial charge in [0.15, 0.2) is 0 Å². The molecular formula is C38H60N4O5S. The number of aliphatic imine (C=N–C) groups is 1. The van der Waals surface area contributed by atoms with Gasteiger partial charge in [0, 0.05) is 38.0 Å². The monoisotopic (exact) mass is 684 g/mol. The van der Waals surface area contributed by atoms with Gasteiger partial charge in [-0.2, -0.15) is 0 Å². The van der Waals surface area contributed by atoms with Gasteiger partial charge in [0.1, 0.15) is 10.8 Å². The summed E-state index contributed by atoms with van der Waals surface area (Å²) in [5, 5.41) is 0.702. The summed E-state index contributed by atoms with van der Waals surface area (Å²) in [4.78, 5) is 38.4. The molecule has 3 heterocycles. The molecule has 2 aliphatic rings. The number of ether oxygens (including phenoxy) is 3. The number of carbonyl (C=O) groups excluding carboxylic acids is 2. The van der Waals surface area contributed by atoms with Gasteiger partial charge < -0.3 is 24.0 Å². The van der Waals surface area contributed by atoms with E-state index in [1.54, 1.807) is 12.2 Å². The Hall–Kier alpha value is -3.11. The number of amidine groups is 1. The summed E-state index contributed by atoms with van der Waals surface area (Å²) in [5.41, 5.74) is 2.03. The minimum atomic E-state index is -1.15. The topological polar surface area (TPSA) is 83.9 Å². The van der Waals surface area contributed by atoms with Gasteiger partial charge in [0.2, 0.25) is 6.29 Å². The van der Waals surface area contributed by atoms with Crippen LogP contribution in [0.4, 0.5) is 14.6 Å². The first kappa shape index (κ1) is 39.3. The van der Waals surface area contributed by atoms with Crippen LogP contribution in [-0.2, 0) is 14.2 Å². The molecule has 0 N–H and O–H groups in total. The first-order valence-corrected chi connectivity index (χ1v) is 19.1. The van der Waals surface area contributed by atoms with Crippen LogP contribution < -0.4 is 4.90 Å². The largest absolute Gasteiger partial charge is 0.511 e. The van der Waals surface area contributed by atoms with Crippen LogP contribution in [0.1, 0.15) is 121 Å². The highest BCUT2D eigenvalue weighted by Gasteiger charge is 2.35. The van der Waals surface area contributed by atoms with Crippen LogP contribution >= 0.6 is 11.3 Å². The molecule has 0 aromatic carbocycles. The van der Waals surface area contributed by atoms with Crippen molar-refractivity contribution >= 4 is 34.4 Å². The van der Waals surface area contributed by atoms with Gasteiger partial charge in [-0.25, -0.2) is 19.5 Å². The highest BCUT2D eigenvalue weighted by molar-refractivity contribution is 7.16. The molecular weight excluding hydrogens is 625 g/mol. The number of hydrogen-bond acceptors (Lipinski definition) is 9. The molecule has 1 fully saturated rings. The number of hydrogen-bond donors (Lipinski definition) is 0. The van der Waals surface area contributed by atoms with E-state index in [2.05, 4.69) is 36.4 Å². The van der Waals surface area contributed by atoms with Crippen LogP contribution in [0.25, 0.3) is 0 Å². The van der Waals surface area contributed by atoms with E-state index in [4.69, 9.17) is 19.2 Å². The van der Waals surface area contributed by atoms with Crippen LogP contribution in [0.5, 0.6) is 0 Å². The van der Waals surface area contributed by atoms with E-state index in [1.165, 1.54) is 93.8 Å². The van der Waals surface area contributed by atoms with E-state index >= 15 is 0 Å². The Bertz CT molecular complexity index is 1250. The maximum Gasteiger partial charge on any atom is 0.511 e. The summed E-state index contributed by atoms with van der Waals surface area (Å²) >= 11 is 1.49. The van der Waals surface area contributed by atoms with Gasteiger partial charge in [0.05, 0.1) is 23.6 Å². The van der Waals surface area contributed by atoms with Crippen molar-refractivity contribution in [2.75, 3.05) is 44.7 Å². The lowest BCUT2D eigenvalue weighted by Crippen LogP contribution is -2.47. The highest BCUT2D eigenvalue weighted by atomic mass is 32.1. The maximum absolute atomic E-state index is 13.8. The molecule has 1 aromatic rings. The first-order chi connectivity index (χ1) is 23.3. The van der Waals surface area contributed by atoms with Gasteiger partial charge in [-0.3, -0.25) is 0 Å². The van der Waals surface area contributed by atoms with E-state index in [9.17, 15) is 9.59 Å². The number of amides is 1. The molecule has 1 atom stereocenters. The average molecular weight is 685 g/mol. The molecule has 0 aliphatic carbocycles. The fourth-order valence-corrected chi connectivity index (χ4v) is 7.05. The SMILES string of the molecule is C=C/C=C1\C(=C/C)N=C(N2CCN(C)CC2)c2cc(C)sc2N1C(=O)OC(C)OC(=O)OCCCCCCCCCCCCCCCC. The molecule has 1 aromatic heterocycles. The second-order valence-electron chi connectivity index (χ2n) is 12.9. The van der Waals surface area contributed by atoms with Gasteiger partial charge in [0.25, 0.3) is 0 Å². The van der Waals surface area contributed by atoms with Crippen molar-refractivity contribution in [2.24, 2.45) is 4.99 Å². The fraction of sp³-hybridized carbons (Fsp3) is 0.658. The zero-order valence-corrected chi connectivity index (χ0v) is 31.1. The average Bonchev–Trinajstić information content (AvgIpc) is 3.38. The molecule has 1 unspecified atom stereocenters. The Morgan fingerprint density at radius 2 is 1.52 bits per heavy atom. The van der Waals surface area contributed by atoms with E-state index in [1.807, 2.05) is 19.9 Å². The minimum absolute atomic E-state index is 0.283. The molecule has 10 heteroatoms. The Morgan fingerprint density at radius 3 is 2.08 bits per heavy atom. The lowest BCUT2D eigenvalue weighted by atomic mass is 10.0. The van der Waals surface area contributed by atoms with Crippen LogP contribution in [0, 0.1) is 6.92 Å². The number of anilines is 1. The molecule has 1 amide bonds. The quantitative estimate of drug-likeness (QED) is 0.0865. The summed E-state index contributed by atoms with van der Waals surface area (Å²) in [7, 11) is 2.12. The Labute approximate surface area is 293 Å². The van der Waals surface area contributed by atoms with Crippen LogP contribution in [-0.4, -0.2) is 74.0 Å². The van der Waals surface area contributed by atoms with E-state index in [0.717, 1.165) is 61.7 Å². The van der Waals surface area contributed by atoms with E-state index in [-0.39, 0.29) is 6.61 Å². The van der Waals surface area contributed by atoms with E-state index in [0.29, 0.717) is 16.4 Å². The first-order valence-electron chi connectivity index (χ1n) is 18.3. The molecule has 48 heavy (non-hydrogen) atoms. The lowest BCUT2D eigenvalue weighted by molar-refractivity contribution is -0.0725. The second kappa shape index (κ2) is 21.8. The summed E-state index contributed by atoms with van der Waals surface area (Å²) < 4.78 is 16.3. The molecule has 2 aliphatic heterocycles. The number of piperazine rings is 1. The summed E-state index contributed by atoms with van der Waals surface area (Å²) in [6, 6.07) is 2.07. The van der Waals surface area contributed by atoms with Crippen LogP contribution in [0.3, 0.4) is 0 Å². The van der Waals surface area contributed by atoms with Crippen molar-refractivity contribution < 1.29 is 23.8 Å². The Balaban J connectivity index is 1.45. The molecule has 268 valence electrons. The number of unbranched alkanes of at least 4 members (excludes halogenated alkanes) is 13. The maximum atomic E-state index is 13.8. The standard InChI is InChI=1S/C38H60N4O5S/c1-7-10-11-12-13-14-15-16-17-18-19-20-21-22-28-45-38(44)47-31(5)46-37(43)42-34(23-8-2)33(9-3)39-35(32-29-30(4)48-36(32)42)41-26-24-40(6)25-27-41/h8-9,23,29,31H,2,7,10-22,24-28H2,1,3-6H3/b33-9+,34-23+. The van der Waals surface area contributed by atoms with Crippen molar-refractivity contribution in [1.82, 2.24) is 9.80 Å². The number of rotatable bonds is 18. The fourth-order valence-electron chi connectivity index (χ4n) is 6.05. The number of aryl methyl sites for hydroxylation is 1. The van der Waals surface area contributed by atoms with Crippen molar-refractivity contribution in [3.05, 3.63) is 52.7 Å².